The van der Waals surface area contributed by atoms with Gasteiger partial charge in [0.05, 0.1) is 20.4 Å². The van der Waals surface area contributed by atoms with Gasteiger partial charge in [-0.05, 0) is 35.7 Å². The molecule has 0 aliphatic carbocycles. The minimum atomic E-state index is -4.23. The molecule has 1 unspecified atom stereocenters. The van der Waals surface area contributed by atoms with Crippen LogP contribution in [0.15, 0.2) is 77.0 Å². The molecule has 11 heteroatoms. The molecule has 0 saturated carbocycles. The molecule has 1 atom stereocenters. The van der Waals surface area contributed by atoms with E-state index in [2.05, 4.69) is 5.32 Å². The number of carbonyl (C=O) groups excluding carboxylic acids is 3. The molecule has 3 amide bonds. The van der Waals surface area contributed by atoms with Gasteiger partial charge >= 0.3 is 0 Å². The average molecular weight is 532 g/mol. The summed E-state index contributed by atoms with van der Waals surface area (Å²) in [5.74, 6) is -1.66. The minimum Gasteiger partial charge on any atom is -0.336 e. The Morgan fingerprint density at radius 2 is 1.49 bits per heavy atom. The maximum absolute atomic E-state index is 13.4. The summed E-state index contributed by atoms with van der Waals surface area (Å²) in [6.07, 6.45) is 0. The number of halogens is 1. The maximum atomic E-state index is 13.4. The van der Waals surface area contributed by atoms with E-state index in [1.165, 1.54) is 17.0 Å². The second-order valence-electron chi connectivity index (χ2n) is 7.79. The second kappa shape index (κ2) is 10.6. The van der Waals surface area contributed by atoms with Crippen LogP contribution in [0.2, 0.25) is 5.02 Å². The van der Waals surface area contributed by atoms with E-state index in [0.29, 0.717) is 15.5 Å². The number of hydrogen-bond acceptors (Lipinski definition) is 6. The molecule has 2 aromatic carbocycles. The zero-order valence-corrected chi connectivity index (χ0v) is 20.9. The van der Waals surface area contributed by atoms with Crippen molar-refractivity contribution < 1.29 is 22.8 Å². The van der Waals surface area contributed by atoms with Gasteiger partial charge in [-0.3, -0.25) is 14.4 Å². The third kappa shape index (κ3) is 5.39. The average Bonchev–Trinajstić information content (AvgIpc) is 3.42. The second-order valence-corrected chi connectivity index (χ2v) is 11.2. The topological polar surface area (TPSA) is 104 Å². The van der Waals surface area contributed by atoms with Crippen LogP contribution in [0.1, 0.15) is 20.0 Å². The van der Waals surface area contributed by atoms with E-state index in [1.54, 1.807) is 64.9 Å². The molecular weight excluding hydrogens is 510 g/mol. The molecule has 182 valence electrons. The van der Waals surface area contributed by atoms with E-state index in [0.717, 1.165) is 11.3 Å². The number of nitrogens with zero attached hydrogens (tertiary/aromatic N) is 2. The Kier molecular flexibility index (Phi) is 7.54. The number of nitrogens with one attached hydrogen (secondary N) is 1. The Morgan fingerprint density at radius 1 is 0.857 bits per heavy atom. The van der Waals surface area contributed by atoms with Crippen molar-refractivity contribution in [1.29, 1.82) is 0 Å². The summed E-state index contributed by atoms with van der Waals surface area (Å²) in [6, 6.07) is 17.4. The van der Waals surface area contributed by atoms with Crippen LogP contribution < -0.4 is 5.32 Å². The normalized spacial score (nSPS) is 14.9. The van der Waals surface area contributed by atoms with E-state index in [1.807, 2.05) is 0 Å². The highest BCUT2D eigenvalue weighted by atomic mass is 35.5. The summed E-state index contributed by atoms with van der Waals surface area (Å²) in [6.45, 7) is 0.634. The first-order chi connectivity index (χ1) is 16.8. The molecule has 4 rings (SSSR count). The number of rotatable bonds is 6. The standard InChI is InChI=1S/C24H22ClN3O5S2/c25-19-10-5-4-9-18(19)23(30)27-12-14-28(15-13-27)24(31)22(26-21(29)20-11-6-16-34-20)35(32,33)17-7-2-1-3-8-17/h1-11,16,22H,12-15H2,(H,26,29). The van der Waals surface area contributed by atoms with Gasteiger partial charge in [-0.1, -0.05) is 48.0 Å². The first kappa shape index (κ1) is 24.9. The van der Waals surface area contributed by atoms with Crippen molar-refractivity contribution in [3.05, 3.63) is 87.6 Å². The minimum absolute atomic E-state index is 0.0719. The molecule has 1 saturated heterocycles. The fraction of sp³-hybridized carbons (Fsp3) is 0.208. The molecule has 1 aromatic heterocycles. The molecule has 1 N–H and O–H groups in total. The molecule has 3 aromatic rings. The fourth-order valence-electron chi connectivity index (χ4n) is 3.72. The Balaban J connectivity index is 1.53. The number of piperazine rings is 1. The predicted octanol–water partition coefficient (Wildman–Crippen LogP) is 2.92. The van der Waals surface area contributed by atoms with Crippen LogP contribution in [0.5, 0.6) is 0 Å². The van der Waals surface area contributed by atoms with Gasteiger partial charge in [0.25, 0.3) is 17.7 Å². The molecule has 2 heterocycles. The number of carbonyl (C=O) groups is 3. The van der Waals surface area contributed by atoms with Crippen molar-refractivity contribution in [3.8, 4) is 0 Å². The fourth-order valence-corrected chi connectivity index (χ4v) is 6.05. The SMILES string of the molecule is O=C(NC(C(=O)N1CCN(C(=O)c2ccccc2Cl)CC1)S(=O)(=O)c1ccccc1)c1cccs1. The van der Waals surface area contributed by atoms with E-state index in [4.69, 9.17) is 11.6 Å². The summed E-state index contributed by atoms with van der Waals surface area (Å²) in [4.78, 5) is 42.1. The Hall–Kier alpha value is -3.21. The van der Waals surface area contributed by atoms with Crippen molar-refractivity contribution in [2.24, 2.45) is 0 Å². The van der Waals surface area contributed by atoms with E-state index in [9.17, 15) is 22.8 Å². The monoisotopic (exact) mass is 531 g/mol. The lowest BCUT2D eigenvalue weighted by atomic mass is 10.2. The summed E-state index contributed by atoms with van der Waals surface area (Å²) in [7, 11) is -4.23. The van der Waals surface area contributed by atoms with Crippen molar-refractivity contribution in [1.82, 2.24) is 15.1 Å². The van der Waals surface area contributed by atoms with Crippen molar-refractivity contribution in [2.45, 2.75) is 10.3 Å². The van der Waals surface area contributed by atoms with Gasteiger partial charge in [0, 0.05) is 26.2 Å². The number of hydrogen-bond donors (Lipinski definition) is 1. The highest BCUT2D eigenvalue weighted by molar-refractivity contribution is 7.92. The van der Waals surface area contributed by atoms with Gasteiger partial charge in [0.1, 0.15) is 0 Å². The van der Waals surface area contributed by atoms with E-state index >= 15 is 0 Å². The molecule has 0 spiro atoms. The quantitative estimate of drug-likeness (QED) is 0.527. The Labute approximate surface area is 212 Å². The van der Waals surface area contributed by atoms with Gasteiger partial charge in [0.15, 0.2) is 0 Å². The molecule has 1 fully saturated rings. The highest BCUT2D eigenvalue weighted by Crippen LogP contribution is 2.21. The van der Waals surface area contributed by atoms with Crippen molar-refractivity contribution >= 4 is 50.5 Å². The van der Waals surface area contributed by atoms with Crippen LogP contribution in [-0.4, -0.2) is 67.5 Å². The zero-order valence-electron chi connectivity index (χ0n) is 18.5. The third-order valence-electron chi connectivity index (χ3n) is 5.60. The maximum Gasteiger partial charge on any atom is 0.262 e. The molecule has 0 radical (unpaired) electrons. The van der Waals surface area contributed by atoms with Gasteiger partial charge in [-0.2, -0.15) is 0 Å². The van der Waals surface area contributed by atoms with Crippen molar-refractivity contribution in [2.75, 3.05) is 26.2 Å². The van der Waals surface area contributed by atoms with Gasteiger partial charge in [0.2, 0.25) is 15.2 Å². The zero-order chi connectivity index (χ0) is 25.0. The molecule has 8 nitrogen and oxygen atoms in total. The lowest BCUT2D eigenvalue weighted by Gasteiger charge is -2.36. The molecule has 0 bridgehead atoms. The lowest BCUT2D eigenvalue weighted by Crippen LogP contribution is -2.57. The van der Waals surface area contributed by atoms with Crippen LogP contribution in [-0.2, 0) is 14.6 Å². The Morgan fingerprint density at radius 3 is 2.11 bits per heavy atom. The largest absolute Gasteiger partial charge is 0.336 e. The molecule has 1 aliphatic rings. The van der Waals surface area contributed by atoms with E-state index in [-0.39, 0.29) is 37.0 Å². The first-order valence-electron chi connectivity index (χ1n) is 10.7. The Bertz CT molecular complexity index is 1320. The number of amides is 3. The number of sulfone groups is 1. The highest BCUT2D eigenvalue weighted by Gasteiger charge is 2.39. The predicted molar refractivity (Wildman–Crippen MR) is 133 cm³/mol. The smallest absolute Gasteiger partial charge is 0.262 e. The summed E-state index contributed by atoms with van der Waals surface area (Å²) < 4.78 is 26.8. The van der Waals surface area contributed by atoms with Crippen LogP contribution in [0.3, 0.4) is 0 Å². The van der Waals surface area contributed by atoms with Crippen molar-refractivity contribution in [3.63, 3.8) is 0 Å². The summed E-state index contributed by atoms with van der Waals surface area (Å²) in [5, 5.41) is 2.64. The van der Waals surface area contributed by atoms with Gasteiger partial charge < -0.3 is 15.1 Å². The van der Waals surface area contributed by atoms with Crippen LogP contribution in [0.4, 0.5) is 0 Å². The van der Waals surface area contributed by atoms with Crippen LogP contribution in [0.25, 0.3) is 0 Å². The van der Waals surface area contributed by atoms with Gasteiger partial charge in [-0.15, -0.1) is 11.3 Å². The molecular formula is C24H22ClN3O5S2. The summed E-state index contributed by atoms with van der Waals surface area (Å²) >= 11 is 7.28. The summed E-state index contributed by atoms with van der Waals surface area (Å²) in [5.41, 5.74) is 0.363. The molecule has 35 heavy (non-hydrogen) atoms. The number of benzene rings is 2. The van der Waals surface area contributed by atoms with Gasteiger partial charge in [-0.25, -0.2) is 8.42 Å². The van der Waals surface area contributed by atoms with Crippen LogP contribution >= 0.6 is 22.9 Å². The van der Waals surface area contributed by atoms with Crippen LogP contribution in [0, 0.1) is 0 Å². The first-order valence-corrected chi connectivity index (χ1v) is 13.6. The third-order valence-corrected chi connectivity index (χ3v) is 8.66. The number of thiophene rings is 1. The molecule has 1 aliphatic heterocycles. The van der Waals surface area contributed by atoms with E-state index < -0.39 is 27.0 Å². The lowest BCUT2D eigenvalue weighted by molar-refractivity contribution is -0.132.